The lowest BCUT2D eigenvalue weighted by atomic mass is 9.60. The molecular weight excluding hydrogens is 340 g/mol. The van der Waals surface area contributed by atoms with Crippen LogP contribution in [0.1, 0.15) is 66.9 Å². The van der Waals surface area contributed by atoms with Crippen molar-refractivity contribution in [2.75, 3.05) is 0 Å². The molecule has 3 heterocycles. The SMILES string of the molecule is Cc1cc2c(c(C)c1C)c1nc(C)c3n1c1c(ccc(C)c21)C(C)(C)C3(C)C. The summed E-state index contributed by atoms with van der Waals surface area (Å²) in [5.41, 5.74) is 11.9. The van der Waals surface area contributed by atoms with Crippen molar-refractivity contribution in [3.05, 3.63) is 57.4 Å². The second kappa shape index (κ2) is 4.97. The molecule has 0 atom stereocenters. The summed E-state index contributed by atoms with van der Waals surface area (Å²) in [4.78, 5) is 5.18. The fourth-order valence-corrected chi connectivity index (χ4v) is 5.62. The number of benzene rings is 2. The van der Waals surface area contributed by atoms with Crippen LogP contribution in [0.25, 0.3) is 27.3 Å². The zero-order valence-corrected chi connectivity index (χ0v) is 18.6. The van der Waals surface area contributed by atoms with Crippen LogP contribution in [-0.2, 0) is 10.8 Å². The second-order valence-electron chi connectivity index (χ2n) is 9.97. The van der Waals surface area contributed by atoms with E-state index in [1.54, 1.807) is 0 Å². The van der Waals surface area contributed by atoms with Crippen molar-refractivity contribution in [3.8, 4) is 0 Å². The van der Waals surface area contributed by atoms with E-state index in [0.29, 0.717) is 0 Å². The Hall–Kier alpha value is -2.35. The Morgan fingerprint density at radius 2 is 1.46 bits per heavy atom. The van der Waals surface area contributed by atoms with Gasteiger partial charge in [0.1, 0.15) is 5.65 Å². The van der Waals surface area contributed by atoms with E-state index in [0.717, 1.165) is 11.3 Å². The van der Waals surface area contributed by atoms with Crippen LogP contribution in [0.4, 0.5) is 0 Å². The van der Waals surface area contributed by atoms with Crippen LogP contribution in [0.2, 0.25) is 0 Å². The Bertz CT molecular complexity index is 1350. The highest BCUT2D eigenvalue weighted by molar-refractivity contribution is 6.16. The maximum Gasteiger partial charge on any atom is 0.145 e. The Labute approximate surface area is 167 Å². The molecule has 0 radical (unpaired) electrons. The standard InChI is InChI=1S/C26H30N2/c1-13-10-11-19-22-20(13)18-12-14(2)15(3)16(4)21(18)24-27-17(5)23(28(22)24)26(8,9)25(19,6)7/h10-12H,1-9H3. The number of hydrogen-bond donors (Lipinski definition) is 0. The van der Waals surface area contributed by atoms with Gasteiger partial charge in [-0.3, -0.25) is 4.40 Å². The molecule has 2 heteroatoms. The van der Waals surface area contributed by atoms with Crippen LogP contribution in [0.5, 0.6) is 0 Å². The number of hydrogen-bond acceptors (Lipinski definition) is 1. The smallest absolute Gasteiger partial charge is 0.145 e. The van der Waals surface area contributed by atoms with Gasteiger partial charge in [-0.25, -0.2) is 4.98 Å². The number of imidazole rings is 1. The molecule has 4 aromatic rings. The number of pyridine rings is 1. The lowest BCUT2D eigenvalue weighted by Gasteiger charge is -2.46. The van der Waals surface area contributed by atoms with Gasteiger partial charge in [0.2, 0.25) is 0 Å². The number of aryl methyl sites for hydroxylation is 4. The molecule has 1 aliphatic rings. The molecule has 2 aromatic heterocycles. The topological polar surface area (TPSA) is 17.3 Å². The van der Waals surface area contributed by atoms with Crippen molar-refractivity contribution in [2.45, 2.75) is 73.1 Å². The maximum absolute atomic E-state index is 5.18. The van der Waals surface area contributed by atoms with Crippen molar-refractivity contribution in [2.24, 2.45) is 0 Å². The van der Waals surface area contributed by atoms with Gasteiger partial charge in [0.05, 0.1) is 16.9 Å². The Morgan fingerprint density at radius 1 is 0.786 bits per heavy atom. The van der Waals surface area contributed by atoms with Gasteiger partial charge in [0, 0.05) is 21.6 Å². The predicted octanol–water partition coefficient (Wildman–Crippen LogP) is 6.75. The first-order chi connectivity index (χ1) is 13.0. The van der Waals surface area contributed by atoms with Gasteiger partial charge in [-0.1, -0.05) is 45.9 Å². The molecule has 144 valence electrons. The molecule has 0 N–H and O–H groups in total. The minimum absolute atomic E-state index is 0.00693. The summed E-state index contributed by atoms with van der Waals surface area (Å²) >= 11 is 0. The molecule has 28 heavy (non-hydrogen) atoms. The quantitative estimate of drug-likeness (QED) is 0.313. The van der Waals surface area contributed by atoms with Crippen LogP contribution in [0, 0.1) is 34.6 Å². The maximum atomic E-state index is 5.18. The Morgan fingerprint density at radius 3 is 2.14 bits per heavy atom. The lowest BCUT2D eigenvalue weighted by Crippen LogP contribution is -2.44. The first-order valence-corrected chi connectivity index (χ1v) is 10.4. The van der Waals surface area contributed by atoms with E-state index in [9.17, 15) is 0 Å². The normalized spacial score (nSPS) is 17.3. The van der Waals surface area contributed by atoms with Gasteiger partial charge in [0.25, 0.3) is 0 Å². The largest absolute Gasteiger partial charge is 0.295 e. The van der Waals surface area contributed by atoms with E-state index < -0.39 is 0 Å². The molecule has 0 saturated heterocycles. The van der Waals surface area contributed by atoms with E-state index in [1.165, 1.54) is 55.2 Å². The highest BCUT2D eigenvalue weighted by Crippen LogP contribution is 2.52. The van der Waals surface area contributed by atoms with Crippen LogP contribution < -0.4 is 0 Å². The third-order valence-electron chi connectivity index (χ3n) is 8.14. The fraction of sp³-hybridized carbons (Fsp3) is 0.423. The van der Waals surface area contributed by atoms with E-state index in [-0.39, 0.29) is 10.8 Å². The lowest BCUT2D eigenvalue weighted by molar-refractivity contribution is 0.287. The van der Waals surface area contributed by atoms with Crippen LogP contribution in [0.15, 0.2) is 18.2 Å². The van der Waals surface area contributed by atoms with Gasteiger partial charge in [0.15, 0.2) is 0 Å². The molecule has 1 aliphatic heterocycles. The minimum Gasteiger partial charge on any atom is -0.295 e. The summed E-state index contributed by atoms with van der Waals surface area (Å²) in [6, 6.07) is 7.07. The van der Waals surface area contributed by atoms with E-state index >= 15 is 0 Å². The molecule has 0 saturated carbocycles. The van der Waals surface area contributed by atoms with Gasteiger partial charge in [-0.15, -0.1) is 0 Å². The Balaban J connectivity index is 2.27. The summed E-state index contributed by atoms with van der Waals surface area (Å²) in [5, 5.41) is 4.07. The van der Waals surface area contributed by atoms with Gasteiger partial charge in [-0.2, -0.15) is 0 Å². The van der Waals surface area contributed by atoms with Crippen molar-refractivity contribution in [1.29, 1.82) is 0 Å². The van der Waals surface area contributed by atoms with Crippen LogP contribution in [0.3, 0.4) is 0 Å². The fourth-order valence-electron chi connectivity index (χ4n) is 5.62. The molecule has 0 aliphatic carbocycles. The molecule has 0 amide bonds. The average molecular weight is 371 g/mol. The van der Waals surface area contributed by atoms with Crippen LogP contribution in [-0.4, -0.2) is 9.38 Å². The monoisotopic (exact) mass is 370 g/mol. The number of aromatic nitrogens is 2. The first-order valence-electron chi connectivity index (χ1n) is 10.4. The third-order valence-corrected chi connectivity index (χ3v) is 8.14. The summed E-state index contributed by atoms with van der Waals surface area (Å²) in [7, 11) is 0. The number of nitrogens with zero attached hydrogens (tertiary/aromatic N) is 2. The second-order valence-corrected chi connectivity index (χ2v) is 9.97. The highest BCUT2D eigenvalue weighted by atomic mass is 15.1. The molecule has 2 aromatic carbocycles. The van der Waals surface area contributed by atoms with Gasteiger partial charge >= 0.3 is 0 Å². The Kier molecular flexibility index (Phi) is 3.15. The molecular formula is C26H30N2. The molecule has 0 fully saturated rings. The zero-order chi connectivity index (χ0) is 20.3. The molecule has 2 nitrogen and oxygen atoms in total. The number of rotatable bonds is 0. The van der Waals surface area contributed by atoms with Crippen LogP contribution >= 0.6 is 0 Å². The summed E-state index contributed by atoms with van der Waals surface area (Å²) in [6.45, 7) is 20.7. The predicted molar refractivity (Wildman–Crippen MR) is 120 cm³/mol. The molecule has 0 bridgehead atoms. The summed E-state index contributed by atoms with van der Waals surface area (Å²) in [6.07, 6.45) is 0. The van der Waals surface area contributed by atoms with Gasteiger partial charge in [-0.05, 0) is 67.8 Å². The van der Waals surface area contributed by atoms with Crippen molar-refractivity contribution in [1.82, 2.24) is 9.38 Å². The number of fused-ring (bicyclic) bond motifs is 3. The average Bonchev–Trinajstić information content (AvgIpc) is 2.95. The first kappa shape index (κ1) is 17.7. The van der Waals surface area contributed by atoms with Crippen molar-refractivity contribution in [3.63, 3.8) is 0 Å². The van der Waals surface area contributed by atoms with Crippen molar-refractivity contribution < 1.29 is 0 Å². The minimum atomic E-state index is -0.00693. The molecule has 5 rings (SSSR count). The molecule has 0 unspecified atom stereocenters. The van der Waals surface area contributed by atoms with E-state index in [1.807, 2.05) is 0 Å². The summed E-state index contributed by atoms with van der Waals surface area (Å²) < 4.78 is 2.50. The van der Waals surface area contributed by atoms with E-state index in [2.05, 4.69) is 84.9 Å². The molecule has 0 spiro atoms. The zero-order valence-electron chi connectivity index (χ0n) is 18.6. The third kappa shape index (κ3) is 1.73. The summed E-state index contributed by atoms with van der Waals surface area (Å²) in [5.74, 6) is 0. The van der Waals surface area contributed by atoms with Gasteiger partial charge < -0.3 is 0 Å². The van der Waals surface area contributed by atoms with E-state index in [4.69, 9.17) is 4.98 Å². The highest BCUT2D eigenvalue weighted by Gasteiger charge is 2.47. The van der Waals surface area contributed by atoms with Crippen molar-refractivity contribution >= 4 is 27.3 Å².